The summed E-state index contributed by atoms with van der Waals surface area (Å²) in [5.41, 5.74) is 4.66. The number of esters is 2. The summed E-state index contributed by atoms with van der Waals surface area (Å²) >= 11 is 0. The molecule has 2 aromatic carbocycles. The van der Waals surface area contributed by atoms with Crippen molar-refractivity contribution in [2.24, 2.45) is 0 Å². The Morgan fingerprint density at radius 2 is 1.79 bits per heavy atom. The first kappa shape index (κ1) is 19.4. The van der Waals surface area contributed by atoms with Crippen molar-refractivity contribution in [3.05, 3.63) is 82.7 Å². The summed E-state index contributed by atoms with van der Waals surface area (Å²) in [4.78, 5) is 24.0. The van der Waals surface area contributed by atoms with E-state index in [2.05, 4.69) is 5.10 Å². The number of rotatable bonds is 6. The molecule has 6 nitrogen and oxygen atoms in total. The molecule has 0 saturated carbocycles. The van der Waals surface area contributed by atoms with Crippen molar-refractivity contribution in [1.29, 1.82) is 0 Å². The highest BCUT2D eigenvalue weighted by Gasteiger charge is 2.17. The number of carbonyl (C=O) groups is 2. The summed E-state index contributed by atoms with van der Waals surface area (Å²) in [5, 5.41) is 4.55. The predicted octanol–water partition coefficient (Wildman–Crippen LogP) is 3.56. The van der Waals surface area contributed by atoms with Crippen molar-refractivity contribution >= 4 is 11.9 Å². The van der Waals surface area contributed by atoms with E-state index in [9.17, 15) is 9.59 Å². The van der Waals surface area contributed by atoms with Crippen molar-refractivity contribution in [3.8, 4) is 5.69 Å². The third-order valence-electron chi connectivity index (χ3n) is 4.51. The molecule has 1 heterocycles. The highest BCUT2D eigenvalue weighted by atomic mass is 16.5. The van der Waals surface area contributed by atoms with Gasteiger partial charge in [0.1, 0.15) is 6.61 Å². The molecule has 0 unspecified atom stereocenters. The number of hydrogen-bond donors (Lipinski definition) is 0. The van der Waals surface area contributed by atoms with Crippen molar-refractivity contribution in [1.82, 2.24) is 9.78 Å². The van der Waals surface area contributed by atoms with Crippen LogP contribution in [0.1, 0.15) is 32.9 Å². The maximum atomic E-state index is 12.4. The molecule has 3 aromatic rings. The van der Waals surface area contributed by atoms with E-state index in [4.69, 9.17) is 9.47 Å². The summed E-state index contributed by atoms with van der Waals surface area (Å²) < 4.78 is 11.9. The van der Waals surface area contributed by atoms with Gasteiger partial charge >= 0.3 is 11.9 Å². The molecule has 3 rings (SSSR count). The van der Waals surface area contributed by atoms with Crippen LogP contribution in [-0.4, -0.2) is 28.8 Å². The van der Waals surface area contributed by atoms with E-state index in [1.165, 1.54) is 7.11 Å². The lowest BCUT2D eigenvalue weighted by atomic mass is 10.1. The fraction of sp³-hybridized carbons (Fsp3) is 0.227. The van der Waals surface area contributed by atoms with Gasteiger partial charge in [0.25, 0.3) is 0 Å². The first-order chi connectivity index (χ1) is 13.5. The highest BCUT2D eigenvalue weighted by molar-refractivity contribution is 5.89. The molecule has 0 aliphatic carbocycles. The van der Waals surface area contributed by atoms with Crippen molar-refractivity contribution in [2.45, 2.75) is 26.9 Å². The minimum absolute atomic E-state index is 0.0919. The van der Waals surface area contributed by atoms with Crippen molar-refractivity contribution < 1.29 is 19.1 Å². The number of nitrogens with zero attached hydrogens (tertiary/aromatic N) is 2. The minimum atomic E-state index is -0.423. The molecule has 0 saturated heterocycles. The molecular weight excluding hydrogens is 356 g/mol. The molecule has 0 fully saturated rings. The van der Waals surface area contributed by atoms with Crippen LogP contribution in [0.3, 0.4) is 0 Å². The first-order valence-corrected chi connectivity index (χ1v) is 8.93. The Kier molecular flexibility index (Phi) is 5.89. The third-order valence-corrected chi connectivity index (χ3v) is 4.51. The van der Waals surface area contributed by atoms with Crippen LogP contribution in [0.15, 0.2) is 54.6 Å². The first-order valence-electron chi connectivity index (χ1n) is 8.93. The SMILES string of the molecule is COC(=O)c1cccc(COC(=O)Cc2c(C)nn(-c3ccccc3)c2C)c1. The molecule has 1 aromatic heterocycles. The molecule has 0 bridgehead atoms. The van der Waals surface area contributed by atoms with Gasteiger partial charge in [-0.15, -0.1) is 0 Å². The molecule has 0 radical (unpaired) electrons. The van der Waals surface area contributed by atoms with E-state index >= 15 is 0 Å². The fourth-order valence-corrected chi connectivity index (χ4v) is 3.02. The number of carbonyl (C=O) groups excluding carboxylic acids is 2. The Bertz CT molecular complexity index is 993. The van der Waals surface area contributed by atoms with Gasteiger partial charge < -0.3 is 9.47 Å². The Morgan fingerprint density at radius 3 is 2.50 bits per heavy atom. The Morgan fingerprint density at radius 1 is 1.04 bits per heavy atom. The average Bonchev–Trinajstić information content (AvgIpc) is 3.00. The van der Waals surface area contributed by atoms with E-state index in [0.717, 1.165) is 28.2 Å². The largest absolute Gasteiger partial charge is 0.465 e. The fourth-order valence-electron chi connectivity index (χ4n) is 3.02. The van der Waals surface area contributed by atoms with Crippen LogP contribution in [0, 0.1) is 13.8 Å². The van der Waals surface area contributed by atoms with Crippen LogP contribution in [0.2, 0.25) is 0 Å². The number of ether oxygens (including phenoxy) is 2. The molecular formula is C22H22N2O4. The zero-order valence-corrected chi connectivity index (χ0v) is 16.1. The summed E-state index contributed by atoms with van der Waals surface area (Å²) in [7, 11) is 1.33. The van der Waals surface area contributed by atoms with Gasteiger partial charge in [0.05, 0.1) is 30.5 Å². The number of benzene rings is 2. The summed E-state index contributed by atoms with van der Waals surface area (Å²) in [6.45, 7) is 3.92. The van der Waals surface area contributed by atoms with Gasteiger partial charge in [-0.3, -0.25) is 4.79 Å². The second-order valence-corrected chi connectivity index (χ2v) is 6.43. The van der Waals surface area contributed by atoms with E-state index < -0.39 is 5.97 Å². The smallest absolute Gasteiger partial charge is 0.337 e. The second kappa shape index (κ2) is 8.52. The van der Waals surface area contributed by atoms with Crippen LogP contribution in [0.25, 0.3) is 5.69 Å². The summed E-state index contributed by atoms with van der Waals surface area (Å²) in [6, 6.07) is 16.6. The normalized spacial score (nSPS) is 10.5. The van der Waals surface area contributed by atoms with Crippen LogP contribution >= 0.6 is 0 Å². The number of aryl methyl sites for hydroxylation is 1. The van der Waals surface area contributed by atoms with Crippen LogP contribution in [0.4, 0.5) is 0 Å². The van der Waals surface area contributed by atoms with E-state index in [1.807, 2.05) is 48.9 Å². The summed E-state index contributed by atoms with van der Waals surface area (Å²) in [5.74, 6) is -0.768. The molecule has 0 N–H and O–H groups in total. The van der Waals surface area contributed by atoms with Gasteiger partial charge in [-0.25, -0.2) is 9.48 Å². The van der Waals surface area contributed by atoms with Gasteiger partial charge in [-0.05, 0) is 43.7 Å². The van der Waals surface area contributed by atoms with Gasteiger partial charge in [-0.2, -0.15) is 5.10 Å². The van der Waals surface area contributed by atoms with Crippen LogP contribution < -0.4 is 0 Å². The van der Waals surface area contributed by atoms with E-state index in [-0.39, 0.29) is 19.0 Å². The lowest BCUT2D eigenvalue weighted by molar-refractivity contribution is -0.144. The number of aromatic nitrogens is 2. The quantitative estimate of drug-likeness (QED) is 0.614. The molecule has 0 aliphatic heterocycles. The highest BCUT2D eigenvalue weighted by Crippen LogP contribution is 2.19. The Labute approximate surface area is 163 Å². The second-order valence-electron chi connectivity index (χ2n) is 6.43. The van der Waals surface area contributed by atoms with Gasteiger partial charge in [0.15, 0.2) is 0 Å². The Balaban J connectivity index is 1.68. The standard InChI is InChI=1S/C22H22N2O4/c1-15-20(16(2)24(23-15)19-10-5-4-6-11-19)13-21(25)28-14-17-8-7-9-18(12-17)22(26)27-3/h4-12H,13-14H2,1-3H3. The molecule has 0 amide bonds. The van der Waals surface area contributed by atoms with Crippen LogP contribution in [-0.2, 0) is 27.3 Å². The maximum absolute atomic E-state index is 12.4. The number of methoxy groups -OCH3 is 1. The maximum Gasteiger partial charge on any atom is 0.337 e. The van der Waals surface area contributed by atoms with Crippen LogP contribution in [0.5, 0.6) is 0 Å². The zero-order chi connectivity index (χ0) is 20.1. The molecule has 0 aliphatic rings. The summed E-state index contributed by atoms with van der Waals surface area (Å²) in [6.07, 6.45) is 0.140. The average molecular weight is 378 g/mol. The molecule has 0 atom stereocenters. The zero-order valence-electron chi connectivity index (χ0n) is 16.1. The number of hydrogen-bond acceptors (Lipinski definition) is 5. The van der Waals surface area contributed by atoms with Gasteiger partial charge in [0, 0.05) is 11.3 Å². The Hall–Kier alpha value is -3.41. The predicted molar refractivity (Wildman–Crippen MR) is 104 cm³/mol. The third kappa shape index (κ3) is 4.28. The van der Waals surface area contributed by atoms with Gasteiger partial charge in [0.2, 0.25) is 0 Å². The minimum Gasteiger partial charge on any atom is -0.465 e. The van der Waals surface area contributed by atoms with E-state index in [0.29, 0.717) is 5.56 Å². The topological polar surface area (TPSA) is 70.4 Å². The lowest BCUT2D eigenvalue weighted by Gasteiger charge is -2.07. The molecule has 144 valence electrons. The molecule has 28 heavy (non-hydrogen) atoms. The van der Waals surface area contributed by atoms with Gasteiger partial charge in [-0.1, -0.05) is 30.3 Å². The van der Waals surface area contributed by atoms with Crippen molar-refractivity contribution in [3.63, 3.8) is 0 Å². The monoisotopic (exact) mass is 378 g/mol. The lowest BCUT2D eigenvalue weighted by Crippen LogP contribution is -2.10. The number of para-hydroxylation sites is 1. The van der Waals surface area contributed by atoms with E-state index in [1.54, 1.807) is 24.3 Å². The molecule has 6 heteroatoms. The van der Waals surface area contributed by atoms with Crippen molar-refractivity contribution in [2.75, 3.05) is 7.11 Å². The molecule has 0 spiro atoms.